The second-order valence-corrected chi connectivity index (χ2v) is 8.08. The number of aromatic nitrogens is 1. The minimum absolute atomic E-state index is 0.135. The van der Waals surface area contributed by atoms with Crippen molar-refractivity contribution in [2.75, 3.05) is 11.9 Å². The fourth-order valence-corrected chi connectivity index (χ4v) is 3.53. The Kier molecular flexibility index (Phi) is 6.23. The number of hydrogen-bond donors (Lipinski definition) is 2. The molecule has 0 bridgehead atoms. The van der Waals surface area contributed by atoms with Crippen LogP contribution in [0.3, 0.4) is 0 Å². The number of carbonyl (C=O) groups excluding carboxylic acids is 2. The Morgan fingerprint density at radius 2 is 1.88 bits per heavy atom. The van der Waals surface area contributed by atoms with Crippen molar-refractivity contribution in [3.63, 3.8) is 0 Å². The topological polar surface area (TPSA) is 84.2 Å². The molecule has 0 saturated heterocycles. The average molecular weight is 499 g/mol. The molecule has 0 unspecified atom stereocenters. The van der Waals surface area contributed by atoms with Gasteiger partial charge in [0.05, 0.1) is 6.54 Å². The number of anilines is 1. The van der Waals surface area contributed by atoms with Gasteiger partial charge in [0.1, 0.15) is 0 Å². The molecule has 0 aliphatic rings. The second kappa shape index (κ2) is 8.61. The van der Waals surface area contributed by atoms with Crippen LogP contribution in [0.5, 0.6) is 0 Å². The van der Waals surface area contributed by atoms with Gasteiger partial charge in [0.2, 0.25) is 5.91 Å². The van der Waals surface area contributed by atoms with Crippen molar-refractivity contribution in [1.29, 1.82) is 0 Å². The minimum Gasteiger partial charge on any atom is -0.444 e. The molecule has 0 saturated carbocycles. The summed E-state index contributed by atoms with van der Waals surface area (Å²) in [5.41, 5.74) is 1.16. The van der Waals surface area contributed by atoms with Crippen LogP contribution in [-0.2, 0) is 11.2 Å². The van der Waals surface area contributed by atoms with Gasteiger partial charge in [0.15, 0.2) is 15.6 Å². The van der Waals surface area contributed by atoms with E-state index in [1.807, 2.05) is 24.3 Å². The van der Waals surface area contributed by atoms with Gasteiger partial charge in [-0.05, 0) is 45.8 Å². The van der Waals surface area contributed by atoms with E-state index < -0.39 is 5.91 Å². The van der Waals surface area contributed by atoms with Crippen molar-refractivity contribution in [2.24, 2.45) is 0 Å². The molecule has 3 rings (SSSR count). The second-order valence-electron chi connectivity index (χ2n) is 5.27. The summed E-state index contributed by atoms with van der Waals surface area (Å²) in [6.45, 7) is -0.168. The molecule has 0 fully saturated rings. The van der Waals surface area contributed by atoms with Gasteiger partial charge in [-0.15, -0.1) is 11.3 Å². The molecule has 2 heterocycles. The zero-order valence-corrected chi connectivity index (χ0v) is 17.3. The molecule has 6 nitrogen and oxygen atoms in total. The van der Waals surface area contributed by atoms with E-state index in [1.165, 1.54) is 17.4 Å². The number of amides is 2. The lowest BCUT2D eigenvalue weighted by Gasteiger charge is -2.03. The Bertz CT molecular complexity index is 921. The lowest BCUT2D eigenvalue weighted by molar-refractivity contribution is -0.115. The number of rotatable bonds is 6. The third kappa shape index (κ3) is 5.26. The summed E-state index contributed by atoms with van der Waals surface area (Å²) >= 11 is 7.93. The molecule has 0 spiro atoms. The SMILES string of the molecule is O=C(CNC(=O)c1ccc(Br)o1)Nc1ncc(Cc2ccc(Br)cc2)s1. The molecule has 0 atom stereocenters. The van der Waals surface area contributed by atoms with Gasteiger partial charge in [0.25, 0.3) is 5.91 Å². The number of halogens is 2. The monoisotopic (exact) mass is 497 g/mol. The molecule has 2 N–H and O–H groups in total. The average Bonchev–Trinajstić information content (AvgIpc) is 3.24. The van der Waals surface area contributed by atoms with Crippen molar-refractivity contribution in [1.82, 2.24) is 10.3 Å². The van der Waals surface area contributed by atoms with E-state index in [2.05, 4.69) is 47.5 Å². The molecule has 2 aromatic heterocycles. The zero-order chi connectivity index (χ0) is 18.5. The van der Waals surface area contributed by atoms with Gasteiger partial charge in [0, 0.05) is 22.0 Å². The molecule has 26 heavy (non-hydrogen) atoms. The summed E-state index contributed by atoms with van der Waals surface area (Å²) < 4.78 is 6.60. The van der Waals surface area contributed by atoms with Gasteiger partial charge >= 0.3 is 0 Å². The molecule has 134 valence electrons. The van der Waals surface area contributed by atoms with Crippen LogP contribution in [0.4, 0.5) is 5.13 Å². The molecule has 0 aliphatic heterocycles. The molecular weight excluding hydrogens is 486 g/mol. The predicted octanol–water partition coefficient (Wildman–Crippen LogP) is 4.22. The molecule has 3 aromatic rings. The first kappa shape index (κ1) is 18.8. The van der Waals surface area contributed by atoms with Crippen LogP contribution < -0.4 is 10.6 Å². The number of nitrogens with zero attached hydrogens (tertiary/aromatic N) is 1. The highest BCUT2D eigenvalue weighted by atomic mass is 79.9. The summed E-state index contributed by atoms with van der Waals surface area (Å²) in [4.78, 5) is 29.0. The maximum absolute atomic E-state index is 12.0. The summed E-state index contributed by atoms with van der Waals surface area (Å²) in [6.07, 6.45) is 2.48. The first-order valence-corrected chi connectivity index (χ1v) is 9.92. The summed E-state index contributed by atoms with van der Waals surface area (Å²) in [6, 6.07) is 11.2. The van der Waals surface area contributed by atoms with E-state index in [1.54, 1.807) is 12.3 Å². The van der Waals surface area contributed by atoms with Crippen LogP contribution in [0.2, 0.25) is 0 Å². The molecule has 9 heteroatoms. The first-order valence-electron chi connectivity index (χ1n) is 7.52. The Balaban J connectivity index is 1.49. The van der Waals surface area contributed by atoms with Crippen molar-refractivity contribution < 1.29 is 14.0 Å². The molecule has 0 radical (unpaired) electrons. The Morgan fingerprint density at radius 1 is 1.12 bits per heavy atom. The van der Waals surface area contributed by atoms with Gasteiger partial charge in [-0.3, -0.25) is 9.59 Å². The Hall–Kier alpha value is -1.97. The highest BCUT2D eigenvalue weighted by Crippen LogP contribution is 2.22. The summed E-state index contributed by atoms with van der Waals surface area (Å²) in [5.74, 6) is -0.676. The van der Waals surface area contributed by atoms with Gasteiger partial charge in [-0.1, -0.05) is 28.1 Å². The van der Waals surface area contributed by atoms with Crippen LogP contribution in [0.25, 0.3) is 0 Å². The van der Waals surface area contributed by atoms with Gasteiger partial charge in [-0.2, -0.15) is 0 Å². The van der Waals surface area contributed by atoms with E-state index in [0.717, 1.165) is 21.3 Å². The number of nitrogens with one attached hydrogen (secondary N) is 2. The van der Waals surface area contributed by atoms with Crippen LogP contribution in [-0.4, -0.2) is 23.3 Å². The van der Waals surface area contributed by atoms with E-state index in [-0.39, 0.29) is 18.2 Å². The lowest BCUT2D eigenvalue weighted by Crippen LogP contribution is -2.32. The lowest BCUT2D eigenvalue weighted by atomic mass is 10.1. The smallest absolute Gasteiger partial charge is 0.287 e. The quantitative estimate of drug-likeness (QED) is 0.532. The Labute approximate surface area is 170 Å². The molecule has 0 aliphatic carbocycles. The van der Waals surface area contributed by atoms with Gasteiger partial charge in [-0.25, -0.2) is 4.98 Å². The molecule has 1 aromatic carbocycles. The molecule has 2 amide bonds. The van der Waals surface area contributed by atoms with E-state index in [4.69, 9.17) is 4.42 Å². The fraction of sp³-hybridized carbons (Fsp3) is 0.118. The van der Waals surface area contributed by atoms with Crippen LogP contribution in [0.1, 0.15) is 21.0 Å². The number of hydrogen-bond acceptors (Lipinski definition) is 5. The number of benzene rings is 1. The summed E-state index contributed by atoms with van der Waals surface area (Å²) in [7, 11) is 0. The Morgan fingerprint density at radius 3 is 2.58 bits per heavy atom. The van der Waals surface area contributed by atoms with Crippen molar-refractivity contribution in [3.8, 4) is 0 Å². The van der Waals surface area contributed by atoms with Crippen LogP contribution in [0, 0.1) is 0 Å². The largest absolute Gasteiger partial charge is 0.444 e. The maximum Gasteiger partial charge on any atom is 0.287 e. The number of carbonyl (C=O) groups is 2. The van der Waals surface area contributed by atoms with Crippen LogP contribution >= 0.6 is 43.2 Å². The van der Waals surface area contributed by atoms with Gasteiger partial charge < -0.3 is 15.1 Å². The number of thiazole rings is 1. The standard InChI is InChI=1S/C17H13Br2N3O3S/c18-11-3-1-10(2-4-11)7-12-8-21-17(26-12)22-15(23)9-20-16(24)13-5-6-14(19)25-13/h1-6,8H,7,9H2,(H,20,24)(H,21,22,23). The predicted molar refractivity (Wildman–Crippen MR) is 106 cm³/mol. The van der Waals surface area contributed by atoms with Crippen molar-refractivity contribution >= 4 is 60.1 Å². The molecular formula is C17H13Br2N3O3S. The summed E-state index contributed by atoms with van der Waals surface area (Å²) in [5, 5.41) is 5.66. The van der Waals surface area contributed by atoms with E-state index in [9.17, 15) is 9.59 Å². The highest BCUT2D eigenvalue weighted by Gasteiger charge is 2.13. The zero-order valence-electron chi connectivity index (χ0n) is 13.3. The highest BCUT2D eigenvalue weighted by molar-refractivity contribution is 9.10. The third-order valence-corrected chi connectivity index (χ3v) is 5.17. The normalized spacial score (nSPS) is 10.5. The third-order valence-electron chi connectivity index (χ3n) is 3.30. The van der Waals surface area contributed by atoms with Crippen molar-refractivity contribution in [3.05, 3.63) is 67.9 Å². The van der Waals surface area contributed by atoms with E-state index in [0.29, 0.717) is 9.80 Å². The number of furan rings is 1. The van der Waals surface area contributed by atoms with E-state index >= 15 is 0 Å². The fourth-order valence-electron chi connectivity index (χ4n) is 2.10. The maximum atomic E-state index is 12.0. The van der Waals surface area contributed by atoms with Crippen LogP contribution in [0.15, 0.2) is 56.2 Å². The minimum atomic E-state index is -0.457. The van der Waals surface area contributed by atoms with Crippen molar-refractivity contribution in [2.45, 2.75) is 6.42 Å². The first-order chi connectivity index (χ1) is 12.5.